The maximum Gasteiger partial charge on any atom is 2.00 e. The number of hydrogen-bond donors (Lipinski definition) is 0. The van der Waals surface area contributed by atoms with Crippen LogP contribution in [0.4, 0.5) is 0 Å². The van der Waals surface area contributed by atoms with Gasteiger partial charge in [0.25, 0.3) is 0 Å². The van der Waals surface area contributed by atoms with Gasteiger partial charge in [-0.15, -0.1) is 0 Å². The molecule has 4 nitrogen and oxygen atoms in total. The zero-order valence-electron chi connectivity index (χ0n) is 21.4. The van der Waals surface area contributed by atoms with Crippen LogP contribution < -0.4 is 10.2 Å². The summed E-state index contributed by atoms with van der Waals surface area (Å²) in [5, 5.41) is 20.3. The van der Waals surface area contributed by atoms with Crippen LogP contribution in [0.25, 0.3) is 0 Å². The van der Waals surface area contributed by atoms with Crippen LogP contribution in [0.15, 0.2) is 24.3 Å². The number of unbranched alkanes of at least 4 members (excludes halogenated alkanes) is 14. The molecule has 0 N–H and O–H groups in total. The van der Waals surface area contributed by atoms with Crippen molar-refractivity contribution >= 4 is 11.9 Å². The van der Waals surface area contributed by atoms with Crippen LogP contribution in [0.1, 0.15) is 142 Å². The van der Waals surface area contributed by atoms with Crippen molar-refractivity contribution in [2.75, 3.05) is 0 Å². The van der Waals surface area contributed by atoms with Gasteiger partial charge in [-0.3, -0.25) is 0 Å². The van der Waals surface area contributed by atoms with Crippen molar-refractivity contribution in [2.24, 2.45) is 0 Å². The Bertz CT molecular complexity index is 419. The van der Waals surface area contributed by atoms with E-state index in [1.54, 1.807) is 0 Å². The third-order valence-electron chi connectivity index (χ3n) is 5.29. The van der Waals surface area contributed by atoms with Crippen molar-refractivity contribution in [3.8, 4) is 0 Å². The molecular formula is C28H50CuO4. The number of carbonyl (C=O) groups is 2. The maximum atomic E-state index is 10.1. The predicted molar refractivity (Wildman–Crippen MR) is 132 cm³/mol. The molecule has 0 aromatic rings. The molecular weight excluding hydrogens is 464 g/mol. The number of carboxylic acid groups (broad SMARTS) is 2. The van der Waals surface area contributed by atoms with Gasteiger partial charge in [0.05, 0.1) is 0 Å². The summed E-state index contributed by atoms with van der Waals surface area (Å²) in [5.41, 5.74) is 0. The predicted octanol–water partition coefficient (Wildman–Crippen LogP) is 6.42. The number of carboxylic acids is 2. The maximum absolute atomic E-state index is 10.1. The zero-order chi connectivity index (χ0) is 24.1. The van der Waals surface area contributed by atoms with E-state index in [4.69, 9.17) is 0 Å². The summed E-state index contributed by atoms with van der Waals surface area (Å²) >= 11 is 0. The first-order valence-corrected chi connectivity index (χ1v) is 13.2. The molecule has 33 heavy (non-hydrogen) atoms. The first kappa shape index (κ1) is 36.5. The summed E-state index contributed by atoms with van der Waals surface area (Å²) in [6, 6.07) is 0. The van der Waals surface area contributed by atoms with Gasteiger partial charge in [-0.25, -0.2) is 0 Å². The molecule has 1 radical (unpaired) electrons. The number of carbonyl (C=O) groups excluding carboxylic acids is 2. The molecule has 0 rings (SSSR count). The van der Waals surface area contributed by atoms with Gasteiger partial charge in [-0.2, -0.15) is 0 Å². The summed E-state index contributed by atoms with van der Waals surface area (Å²) < 4.78 is 0. The molecule has 0 saturated carbocycles. The third kappa shape index (κ3) is 41.7. The van der Waals surface area contributed by atoms with Crippen molar-refractivity contribution in [2.45, 2.75) is 142 Å². The minimum Gasteiger partial charge on any atom is -0.550 e. The fourth-order valence-corrected chi connectivity index (χ4v) is 3.24. The number of aliphatic carboxylic acids is 2. The Kier molecular flexibility index (Phi) is 36.6. The molecule has 0 spiro atoms. The molecule has 0 aromatic carbocycles. The average Bonchev–Trinajstić information content (AvgIpc) is 2.76. The molecule has 0 bridgehead atoms. The van der Waals surface area contributed by atoms with Gasteiger partial charge in [0, 0.05) is 11.9 Å². The van der Waals surface area contributed by atoms with Crippen molar-refractivity contribution < 1.29 is 36.9 Å². The molecule has 197 valence electrons. The number of hydrogen-bond acceptors (Lipinski definition) is 4. The molecule has 0 saturated heterocycles. The minimum atomic E-state index is -0.918. The molecule has 0 unspecified atom stereocenters. The van der Waals surface area contributed by atoms with Gasteiger partial charge < -0.3 is 19.8 Å². The normalized spacial score (nSPS) is 10.7. The van der Waals surface area contributed by atoms with Gasteiger partial charge in [0.2, 0.25) is 0 Å². The van der Waals surface area contributed by atoms with Crippen LogP contribution >= 0.6 is 0 Å². The van der Waals surface area contributed by atoms with Gasteiger partial charge in [-0.05, 0) is 64.2 Å². The SMILES string of the molecule is CCCC/C=C\CCCCCCCC(=O)[O-].CCCC/C=C\CCCCCCCC(=O)[O-].[Cu+2]. The fourth-order valence-electron chi connectivity index (χ4n) is 3.24. The van der Waals surface area contributed by atoms with E-state index in [0.29, 0.717) is 0 Å². The van der Waals surface area contributed by atoms with E-state index in [-0.39, 0.29) is 29.9 Å². The fraction of sp³-hybridized carbons (Fsp3) is 0.786. The monoisotopic (exact) mass is 513 g/mol. The van der Waals surface area contributed by atoms with Crippen molar-refractivity contribution in [3.63, 3.8) is 0 Å². The van der Waals surface area contributed by atoms with Gasteiger partial charge in [0.1, 0.15) is 0 Å². The standard InChI is InChI=1S/2C14H26O2.Cu/c2*1-2-3-4-5-6-7-8-9-10-11-12-13-14(15)16;/h2*5-6H,2-4,7-13H2,1H3,(H,15,16);/q;;+2/p-2/b2*6-5-;. The quantitative estimate of drug-likeness (QED) is 0.0949. The Labute approximate surface area is 215 Å². The van der Waals surface area contributed by atoms with Crippen LogP contribution in [-0.2, 0) is 26.7 Å². The minimum absolute atomic E-state index is 0. The summed E-state index contributed by atoms with van der Waals surface area (Å²) in [6.45, 7) is 4.42. The Morgan fingerprint density at radius 2 is 0.758 bits per heavy atom. The van der Waals surface area contributed by atoms with E-state index in [9.17, 15) is 19.8 Å². The van der Waals surface area contributed by atoms with E-state index >= 15 is 0 Å². The topological polar surface area (TPSA) is 80.3 Å². The molecule has 0 fully saturated rings. The Morgan fingerprint density at radius 1 is 0.485 bits per heavy atom. The van der Waals surface area contributed by atoms with Crippen LogP contribution in [0.3, 0.4) is 0 Å². The second-order valence-corrected chi connectivity index (χ2v) is 8.58. The molecule has 5 heteroatoms. The van der Waals surface area contributed by atoms with Crippen molar-refractivity contribution in [3.05, 3.63) is 24.3 Å². The average molecular weight is 514 g/mol. The summed E-state index contributed by atoms with van der Waals surface area (Å²) in [7, 11) is 0. The molecule has 0 aromatic heterocycles. The van der Waals surface area contributed by atoms with Gasteiger partial charge >= 0.3 is 17.1 Å². The van der Waals surface area contributed by atoms with Crippen molar-refractivity contribution in [1.82, 2.24) is 0 Å². The van der Waals surface area contributed by atoms with E-state index in [1.165, 1.54) is 77.0 Å². The third-order valence-corrected chi connectivity index (χ3v) is 5.29. The van der Waals surface area contributed by atoms with Crippen LogP contribution in [0, 0.1) is 0 Å². The second kappa shape index (κ2) is 33.1. The molecule has 0 heterocycles. The molecule has 0 aliphatic heterocycles. The molecule has 0 atom stereocenters. The van der Waals surface area contributed by atoms with Gasteiger partial charge in [0.15, 0.2) is 0 Å². The Morgan fingerprint density at radius 3 is 1.06 bits per heavy atom. The van der Waals surface area contributed by atoms with E-state index in [1.807, 2.05) is 0 Å². The van der Waals surface area contributed by atoms with Crippen molar-refractivity contribution in [1.29, 1.82) is 0 Å². The first-order chi connectivity index (χ1) is 15.5. The van der Waals surface area contributed by atoms with E-state index in [0.717, 1.165) is 38.5 Å². The van der Waals surface area contributed by atoms with Gasteiger partial charge in [-0.1, -0.05) is 102 Å². The van der Waals surface area contributed by atoms with E-state index < -0.39 is 11.9 Å². The molecule has 0 aliphatic rings. The van der Waals surface area contributed by atoms with Crippen LogP contribution in [-0.4, -0.2) is 11.9 Å². The summed E-state index contributed by atoms with van der Waals surface area (Å²) in [4.78, 5) is 20.3. The largest absolute Gasteiger partial charge is 2.00 e. The number of rotatable bonds is 22. The second-order valence-electron chi connectivity index (χ2n) is 8.58. The summed E-state index contributed by atoms with van der Waals surface area (Å²) in [6.07, 6.45) is 30.2. The molecule has 0 amide bonds. The van der Waals surface area contributed by atoms with Crippen LogP contribution in [0.2, 0.25) is 0 Å². The van der Waals surface area contributed by atoms with E-state index in [2.05, 4.69) is 38.2 Å². The molecule has 0 aliphatic carbocycles. The van der Waals surface area contributed by atoms with Crippen LogP contribution in [0.5, 0.6) is 0 Å². The Balaban J connectivity index is -0.000000529. The number of allylic oxidation sites excluding steroid dienone is 4. The smallest absolute Gasteiger partial charge is 0.550 e. The first-order valence-electron chi connectivity index (χ1n) is 13.2. The summed E-state index contributed by atoms with van der Waals surface area (Å²) in [5.74, 6) is -1.84. The zero-order valence-corrected chi connectivity index (χ0v) is 22.3. The Hall–Kier alpha value is -1.06.